The van der Waals surface area contributed by atoms with Gasteiger partial charge in [0.2, 0.25) is 5.91 Å². The number of rotatable bonds is 8. The Morgan fingerprint density at radius 1 is 1.36 bits per heavy atom. The van der Waals surface area contributed by atoms with Gasteiger partial charge in [0.25, 0.3) is 0 Å². The zero-order valence-corrected chi connectivity index (χ0v) is 13.4. The van der Waals surface area contributed by atoms with Gasteiger partial charge in [-0.15, -0.1) is 0 Å². The minimum atomic E-state index is -0.674. The van der Waals surface area contributed by atoms with E-state index in [0.29, 0.717) is 37.3 Å². The molecule has 0 aliphatic heterocycles. The van der Waals surface area contributed by atoms with E-state index in [1.54, 1.807) is 18.2 Å². The predicted octanol–water partition coefficient (Wildman–Crippen LogP) is 3.02. The minimum Gasteiger partial charge on any atom is -0.396 e. The van der Waals surface area contributed by atoms with Gasteiger partial charge in [-0.3, -0.25) is 4.79 Å². The summed E-state index contributed by atoms with van der Waals surface area (Å²) in [6.07, 6.45) is 3.06. The number of aliphatic hydroxyl groups is 1. The summed E-state index contributed by atoms with van der Waals surface area (Å²) in [5.74, 6) is 0.411. The van der Waals surface area contributed by atoms with E-state index in [0.717, 1.165) is 6.42 Å². The van der Waals surface area contributed by atoms with Gasteiger partial charge in [0.05, 0.1) is 5.41 Å². The second kappa shape index (κ2) is 7.23. The van der Waals surface area contributed by atoms with Crippen molar-refractivity contribution in [1.82, 2.24) is 5.32 Å². The summed E-state index contributed by atoms with van der Waals surface area (Å²) >= 11 is 0. The first-order chi connectivity index (χ1) is 10.5. The zero-order chi connectivity index (χ0) is 16.2. The highest BCUT2D eigenvalue weighted by atomic mass is 19.1. The Labute approximate surface area is 131 Å². The maximum atomic E-state index is 14.0. The maximum absolute atomic E-state index is 14.0. The van der Waals surface area contributed by atoms with E-state index < -0.39 is 5.41 Å². The molecular weight excluding hydrogens is 281 g/mol. The molecule has 1 unspecified atom stereocenters. The predicted molar refractivity (Wildman–Crippen MR) is 85.0 cm³/mol. The molecule has 0 bridgehead atoms. The van der Waals surface area contributed by atoms with Crippen LogP contribution in [0.1, 0.15) is 45.1 Å². The molecule has 22 heavy (non-hydrogen) atoms. The molecule has 3 nitrogen and oxygen atoms in total. The molecule has 4 heteroatoms. The van der Waals surface area contributed by atoms with Crippen LogP contribution in [0.25, 0.3) is 0 Å². The molecule has 122 valence electrons. The van der Waals surface area contributed by atoms with Crippen molar-refractivity contribution in [3.63, 3.8) is 0 Å². The lowest BCUT2D eigenvalue weighted by atomic mass is 9.92. The Morgan fingerprint density at radius 2 is 2.05 bits per heavy atom. The molecule has 1 fully saturated rings. The number of nitrogens with one attached hydrogen (secondary N) is 1. The zero-order valence-electron chi connectivity index (χ0n) is 13.4. The number of hydrogen-bond acceptors (Lipinski definition) is 2. The van der Waals surface area contributed by atoms with Crippen LogP contribution in [-0.4, -0.2) is 24.2 Å². The molecule has 2 rings (SSSR count). The fraction of sp³-hybridized carbons (Fsp3) is 0.611. The van der Waals surface area contributed by atoms with Gasteiger partial charge in [-0.1, -0.05) is 32.0 Å². The maximum Gasteiger partial charge on any atom is 0.230 e. The van der Waals surface area contributed by atoms with E-state index in [-0.39, 0.29) is 24.2 Å². The van der Waals surface area contributed by atoms with Gasteiger partial charge in [-0.2, -0.15) is 0 Å². The van der Waals surface area contributed by atoms with Gasteiger partial charge in [0.15, 0.2) is 0 Å². The second-order valence-electron chi connectivity index (χ2n) is 6.78. The molecule has 1 aliphatic rings. The fourth-order valence-corrected chi connectivity index (χ4v) is 3.15. The number of halogens is 1. The monoisotopic (exact) mass is 307 g/mol. The quantitative estimate of drug-likeness (QED) is 0.775. The molecule has 0 radical (unpaired) electrons. The average Bonchev–Trinajstić information content (AvgIpc) is 3.26. The van der Waals surface area contributed by atoms with Crippen molar-refractivity contribution in [3.8, 4) is 0 Å². The highest BCUT2D eigenvalue weighted by Crippen LogP contribution is 2.49. The van der Waals surface area contributed by atoms with Crippen LogP contribution in [0, 0.1) is 17.7 Å². The van der Waals surface area contributed by atoms with Crippen molar-refractivity contribution < 1.29 is 14.3 Å². The molecular formula is C18H26FNO2. The van der Waals surface area contributed by atoms with Crippen LogP contribution >= 0.6 is 0 Å². The SMILES string of the molecule is CC(C)CC(CCO)CNC(=O)C1(c2ccccc2F)CC1. The van der Waals surface area contributed by atoms with E-state index in [1.807, 2.05) is 0 Å². The fourth-order valence-electron chi connectivity index (χ4n) is 3.15. The molecule has 1 atom stereocenters. The summed E-state index contributed by atoms with van der Waals surface area (Å²) in [5, 5.41) is 12.1. The highest BCUT2D eigenvalue weighted by Gasteiger charge is 2.52. The first-order valence-corrected chi connectivity index (χ1v) is 8.14. The van der Waals surface area contributed by atoms with Crippen LogP contribution in [0.5, 0.6) is 0 Å². The molecule has 0 saturated heterocycles. The molecule has 1 saturated carbocycles. The molecule has 1 amide bonds. The molecule has 0 heterocycles. The van der Waals surface area contributed by atoms with Crippen LogP contribution in [-0.2, 0) is 10.2 Å². The number of carbonyl (C=O) groups is 1. The number of hydrogen-bond donors (Lipinski definition) is 2. The van der Waals surface area contributed by atoms with Gasteiger partial charge in [0, 0.05) is 18.7 Å². The van der Waals surface area contributed by atoms with E-state index in [9.17, 15) is 9.18 Å². The summed E-state index contributed by atoms with van der Waals surface area (Å²) in [5.41, 5.74) is -0.164. The third-order valence-corrected chi connectivity index (χ3v) is 4.47. The van der Waals surface area contributed by atoms with Crippen molar-refractivity contribution in [2.45, 2.75) is 44.9 Å². The second-order valence-corrected chi connectivity index (χ2v) is 6.78. The van der Waals surface area contributed by atoms with E-state index in [4.69, 9.17) is 5.11 Å². The van der Waals surface area contributed by atoms with Crippen molar-refractivity contribution in [3.05, 3.63) is 35.6 Å². The van der Waals surface area contributed by atoms with Gasteiger partial charge >= 0.3 is 0 Å². The van der Waals surface area contributed by atoms with Crippen LogP contribution in [0.4, 0.5) is 4.39 Å². The van der Waals surface area contributed by atoms with E-state index in [1.165, 1.54) is 6.07 Å². The van der Waals surface area contributed by atoms with Crippen LogP contribution < -0.4 is 5.32 Å². The number of carbonyl (C=O) groups excluding carboxylic acids is 1. The Kier molecular flexibility index (Phi) is 5.57. The van der Waals surface area contributed by atoms with Crippen molar-refractivity contribution in [1.29, 1.82) is 0 Å². The Morgan fingerprint density at radius 3 is 2.59 bits per heavy atom. The lowest BCUT2D eigenvalue weighted by Gasteiger charge is -2.21. The Bertz CT molecular complexity index is 512. The topological polar surface area (TPSA) is 49.3 Å². The van der Waals surface area contributed by atoms with Crippen LogP contribution in [0.15, 0.2) is 24.3 Å². The lowest BCUT2D eigenvalue weighted by molar-refractivity contribution is -0.123. The van der Waals surface area contributed by atoms with E-state index >= 15 is 0 Å². The van der Waals surface area contributed by atoms with Crippen molar-refractivity contribution >= 4 is 5.91 Å². The van der Waals surface area contributed by atoms with Gasteiger partial charge in [-0.05, 0) is 43.6 Å². The van der Waals surface area contributed by atoms with Crippen molar-refractivity contribution in [2.75, 3.05) is 13.2 Å². The Balaban J connectivity index is 1.98. The molecule has 0 spiro atoms. The summed E-state index contributed by atoms with van der Waals surface area (Å²) in [6.45, 7) is 4.95. The molecule has 1 aromatic rings. The summed E-state index contributed by atoms with van der Waals surface area (Å²) in [4.78, 5) is 12.5. The van der Waals surface area contributed by atoms with Gasteiger partial charge in [-0.25, -0.2) is 4.39 Å². The minimum absolute atomic E-state index is 0.0794. The van der Waals surface area contributed by atoms with Crippen LogP contribution in [0.2, 0.25) is 0 Å². The molecule has 1 aliphatic carbocycles. The Hall–Kier alpha value is -1.42. The molecule has 2 N–H and O–H groups in total. The lowest BCUT2D eigenvalue weighted by Crippen LogP contribution is -2.38. The van der Waals surface area contributed by atoms with Crippen molar-refractivity contribution in [2.24, 2.45) is 11.8 Å². The number of amides is 1. The largest absolute Gasteiger partial charge is 0.396 e. The molecule has 0 aromatic heterocycles. The summed E-state index contributed by atoms with van der Waals surface area (Å²) in [6, 6.07) is 6.54. The third-order valence-electron chi connectivity index (χ3n) is 4.47. The number of benzene rings is 1. The van der Waals surface area contributed by atoms with Crippen LogP contribution in [0.3, 0.4) is 0 Å². The number of aliphatic hydroxyl groups excluding tert-OH is 1. The normalized spacial score (nSPS) is 17.3. The summed E-state index contributed by atoms with van der Waals surface area (Å²) < 4.78 is 14.0. The summed E-state index contributed by atoms with van der Waals surface area (Å²) in [7, 11) is 0. The van der Waals surface area contributed by atoms with Gasteiger partial charge in [0.1, 0.15) is 5.82 Å². The average molecular weight is 307 g/mol. The standard InChI is InChI=1S/C18H26FNO2/c1-13(2)11-14(7-10-21)12-20-17(22)18(8-9-18)15-5-3-4-6-16(15)19/h3-6,13-14,21H,7-12H2,1-2H3,(H,20,22). The smallest absolute Gasteiger partial charge is 0.230 e. The van der Waals surface area contributed by atoms with Gasteiger partial charge < -0.3 is 10.4 Å². The highest BCUT2D eigenvalue weighted by molar-refractivity contribution is 5.91. The first-order valence-electron chi connectivity index (χ1n) is 8.14. The van der Waals surface area contributed by atoms with E-state index in [2.05, 4.69) is 19.2 Å². The third kappa shape index (κ3) is 3.86. The first kappa shape index (κ1) is 16.9. The molecule has 1 aromatic carbocycles.